The van der Waals surface area contributed by atoms with Crippen molar-refractivity contribution in [2.24, 2.45) is 0 Å². The van der Waals surface area contributed by atoms with Gasteiger partial charge in [0, 0.05) is 29.3 Å². The minimum atomic E-state index is -0.769. The van der Waals surface area contributed by atoms with Gasteiger partial charge in [-0.1, -0.05) is 12.1 Å². The molecule has 11 nitrogen and oxygen atoms in total. The van der Waals surface area contributed by atoms with Crippen LogP contribution in [0.2, 0.25) is 0 Å². The molecule has 1 aliphatic carbocycles. The Morgan fingerprint density at radius 3 is 1.94 bits per heavy atom. The van der Waals surface area contributed by atoms with Gasteiger partial charge < -0.3 is 4.74 Å². The van der Waals surface area contributed by atoms with E-state index in [9.17, 15) is 35.6 Å². The molecule has 0 saturated carbocycles. The topological polar surface area (TPSA) is 162 Å². The number of benzene rings is 3. The van der Waals surface area contributed by atoms with E-state index in [4.69, 9.17) is 4.74 Å². The van der Waals surface area contributed by atoms with Gasteiger partial charge in [-0.05, 0) is 34.9 Å². The SMILES string of the molecule is COc1ccc(/C=C2\c3cc([N+](=O)[O-])cc(C#N)c3-c3c2cc([N+](=O)[O-])cc3[N+](=O)[O-])cc1. The number of nitro groups is 3. The van der Waals surface area contributed by atoms with E-state index in [1.807, 2.05) is 6.07 Å². The highest BCUT2D eigenvalue weighted by Gasteiger charge is 2.37. The van der Waals surface area contributed by atoms with Gasteiger partial charge in [-0.15, -0.1) is 0 Å². The van der Waals surface area contributed by atoms with Crippen molar-refractivity contribution in [3.05, 3.63) is 101 Å². The number of nitrogens with zero attached hydrogens (tertiary/aromatic N) is 4. The fraction of sp³-hybridized carbons (Fsp3) is 0.0455. The van der Waals surface area contributed by atoms with Crippen LogP contribution in [0.1, 0.15) is 22.3 Å². The molecule has 33 heavy (non-hydrogen) atoms. The molecule has 1 aliphatic rings. The van der Waals surface area contributed by atoms with Crippen LogP contribution in [-0.4, -0.2) is 21.9 Å². The van der Waals surface area contributed by atoms with Crippen molar-refractivity contribution in [1.82, 2.24) is 0 Å². The highest BCUT2D eigenvalue weighted by atomic mass is 16.6. The number of methoxy groups -OCH3 is 1. The predicted octanol–water partition coefficient (Wildman–Crippen LogP) is 4.86. The van der Waals surface area contributed by atoms with Gasteiger partial charge >= 0.3 is 0 Å². The average molecular weight is 444 g/mol. The number of hydrogen-bond donors (Lipinski definition) is 0. The Bertz CT molecular complexity index is 1440. The van der Waals surface area contributed by atoms with E-state index in [0.717, 1.165) is 12.1 Å². The number of nitro benzene ring substituents is 3. The fourth-order valence-electron chi connectivity index (χ4n) is 3.81. The summed E-state index contributed by atoms with van der Waals surface area (Å²) in [5, 5.41) is 44.4. The molecule has 11 heteroatoms. The number of hydrogen-bond acceptors (Lipinski definition) is 8. The van der Waals surface area contributed by atoms with Gasteiger partial charge in [-0.3, -0.25) is 30.3 Å². The van der Waals surface area contributed by atoms with E-state index in [1.165, 1.54) is 19.2 Å². The highest BCUT2D eigenvalue weighted by molar-refractivity contribution is 6.11. The van der Waals surface area contributed by atoms with Gasteiger partial charge in [0.15, 0.2) is 0 Å². The largest absolute Gasteiger partial charge is 0.497 e. The monoisotopic (exact) mass is 444 g/mol. The minimum absolute atomic E-state index is 0.00631. The molecule has 3 aromatic carbocycles. The Hall–Kier alpha value is -5.11. The van der Waals surface area contributed by atoms with Crippen LogP contribution in [0.15, 0.2) is 48.5 Å². The molecule has 0 unspecified atom stereocenters. The molecule has 162 valence electrons. The fourth-order valence-corrected chi connectivity index (χ4v) is 3.81. The molecule has 0 N–H and O–H groups in total. The molecule has 0 heterocycles. The Morgan fingerprint density at radius 2 is 1.42 bits per heavy atom. The van der Waals surface area contributed by atoms with Crippen molar-refractivity contribution in [3.8, 4) is 22.9 Å². The number of non-ortho nitro benzene ring substituents is 2. The standard InChI is InChI=1S/C22H12N4O7/c1-33-16-4-2-12(3-5-16)6-17-18-8-14(24(27)28)7-13(11-23)21(18)22-19(17)9-15(25(29)30)10-20(22)26(31)32/h2-10H,1H3/b17-6+. The molecule has 0 spiro atoms. The van der Waals surface area contributed by atoms with Crippen LogP contribution < -0.4 is 4.74 Å². The lowest BCUT2D eigenvalue weighted by Crippen LogP contribution is -1.97. The maximum Gasteiger partial charge on any atom is 0.284 e. The summed E-state index contributed by atoms with van der Waals surface area (Å²) in [6.07, 6.45) is 1.60. The van der Waals surface area contributed by atoms with Gasteiger partial charge in [-0.2, -0.15) is 5.26 Å². The molecular formula is C22H12N4O7. The number of nitriles is 1. The van der Waals surface area contributed by atoms with Gasteiger partial charge in [0.25, 0.3) is 17.1 Å². The quantitative estimate of drug-likeness (QED) is 0.311. The molecule has 0 radical (unpaired) electrons. The van der Waals surface area contributed by atoms with Crippen LogP contribution in [0, 0.1) is 41.7 Å². The van der Waals surface area contributed by atoms with Gasteiger partial charge in [-0.25, -0.2) is 0 Å². The highest BCUT2D eigenvalue weighted by Crippen LogP contribution is 2.52. The van der Waals surface area contributed by atoms with E-state index in [2.05, 4.69) is 0 Å². The summed E-state index contributed by atoms with van der Waals surface area (Å²) in [4.78, 5) is 32.5. The summed E-state index contributed by atoms with van der Waals surface area (Å²) in [5.74, 6) is 0.582. The van der Waals surface area contributed by atoms with E-state index in [0.29, 0.717) is 11.3 Å². The first-order valence-electron chi connectivity index (χ1n) is 9.31. The second kappa shape index (κ2) is 7.86. The Labute approximate surface area is 185 Å². The third kappa shape index (κ3) is 3.51. The van der Waals surface area contributed by atoms with Gasteiger partial charge in [0.1, 0.15) is 11.8 Å². The lowest BCUT2D eigenvalue weighted by molar-refractivity contribution is -0.393. The Morgan fingerprint density at radius 1 is 0.848 bits per heavy atom. The third-order valence-electron chi connectivity index (χ3n) is 5.22. The lowest BCUT2D eigenvalue weighted by atomic mass is 9.97. The summed E-state index contributed by atoms with van der Waals surface area (Å²) < 4.78 is 5.13. The summed E-state index contributed by atoms with van der Waals surface area (Å²) in [5.41, 5.74) is -0.224. The van der Waals surface area contributed by atoms with Crippen LogP contribution in [0.4, 0.5) is 17.1 Å². The zero-order valence-electron chi connectivity index (χ0n) is 16.8. The van der Waals surface area contributed by atoms with Crippen molar-refractivity contribution >= 4 is 28.7 Å². The van der Waals surface area contributed by atoms with Crippen molar-refractivity contribution in [1.29, 1.82) is 5.26 Å². The molecule has 0 fully saturated rings. The normalized spacial score (nSPS) is 12.5. The van der Waals surface area contributed by atoms with Crippen LogP contribution in [0.25, 0.3) is 22.8 Å². The maximum absolute atomic E-state index is 11.8. The first kappa shape index (κ1) is 21.1. The molecule has 0 saturated heterocycles. The van der Waals surface area contributed by atoms with Crippen LogP contribution in [-0.2, 0) is 0 Å². The predicted molar refractivity (Wildman–Crippen MR) is 117 cm³/mol. The molecular weight excluding hydrogens is 432 g/mol. The van der Waals surface area contributed by atoms with E-state index >= 15 is 0 Å². The van der Waals surface area contributed by atoms with Crippen LogP contribution in [0.5, 0.6) is 5.75 Å². The first-order valence-corrected chi connectivity index (χ1v) is 9.31. The summed E-state index contributed by atoms with van der Waals surface area (Å²) in [7, 11) is 1.50. The number of fused-ring (bicyclic) bond motifs is 3. The molecule has 0 atom stereocenters. The number of ether oxygens (including phenoxy) is 1. The molecule has 0 bridgehead atoms. The maximum atomic E-state index is 11.8. The van der Waals surface area contributed by atoms with E-state index in [-0.39, 0.29) is 39.1 Å². The Kier molecular flexibility index (Phi) is 5.03. The van der Waals surface area contributed by atoms with Gasteiger partial charge in [0.05, 0.1) is 39.1 Å². The molecule has 0 amide bonds. The summed E-state index contributed by atoms with van der Waals surface area (Å²) >= 11 is 0. The smallest absolute Gasteiger partial charge is 0.284 e. The molecule has 4 rings (SSSR count). The summed E-state index contributed by atoms with van der Waals surface area (Å²) in [6.45, 7) is 0. The number of rotatable bonds is 5. The van der Waals surface area contributed by atoms with Crippen LogP contribution in [0.3, 0.4) is 0 Å². The second-order valence-corrected chi connectivity index (χ2v) is 7.02. The van der Waals surface area contributed by atoms with E-state index < -0.39 is 26.1 Å². The van der Waals surface area contributed by atoms with Crippen molar-refractivity contribution < 1.29 is 19.5 Å². The minimum Gasteiger partial charge on any atom is -0.497 e. The molecule has 0 aromatic heterocycles. The van der Waals surface area contributed by atoms with Crippen molar-refractivity contribution in [2.45, 2.75) is 0 Å². The lowest BCUT2D eigenvalue weighted by Gasteiger charge is -2.05. The summed E-state index contributed by atoms with van der Waals surface area (Å²) in [6, 6.07) is 12.8. The van der Waals surface area contributed by atoms with E-state index in [1.54, 1.807) is 30.3 Å². The third-order valence-corrected chi connectivity index (χ3v) is 5.22. The van der Waals surface area contributed by atoms with Crippen molar-refractivity contribution in [3.63, 3.8) is 0 Å². The first-order chi connectivity index (χ1) is 15.7. The van der Waals surface area contributed by atoms with Gasteiger partial charge in [0.2, 0.25) is 0 Å². The Balaban J connectivity index is 2.13. The zero-order valence-corrected chi connectivity index (χ0v) is 16.8. The average Bonchev–Trinajstić information content (AvgIpc) is 3.11. The van der Waals surface area contributed by atoms with Crippen molar-refractivity contribution in [2.75, 3.05) is 7.11 Å². The van der Waals surface area contributed by atoms with Crippen LogP contribution >= 0.6 is 0 Å². The molecule has 0 aliphatic heterocycles. The molecule has 3 aromatic rings. The zero-order chi connectivity index (χ0) is 23.9. The second-order valence-electron chi connectivity index (χ2n) is 7.02.